The van der Waals surface area contributed by atoms with Crippen LogP contribution < -0.4 is 0 Å². The first kappa shape index (κ1) is 19.2. The molecule has 0 atom stereocenters. The Labute approximate surface area is 172 Å². The van der Waals surface area contributed by atoms with Crippen molar-refractivity contribution in [2.75, 3.05) is 0 Å². The van der Waals surface area contributed by atoms with Crippen LogP contribution in [0.5, 0.6) is 0 Å². The number of hydrogen-bond donors (Lipinski definition) is 0. The van der Waals surface area contributed by atoms with Gasteiger partial charge >= 0.3 is 0 Å². The molecule has 0 saturated carbocycles. The Morgan fingerprint density at radius 2 is 1.72 bits per heavy atom. The minimum Gasteiger partial charge on any atom is -0.468 e. The van der Waals surface area contributed by atoms with E-state index in [0.717, 1.165) is 10.5 Å². The number of carbonyl (C=O) groups excluding carboxylic acids is 2. The second-order valence-corrected chi connectivity index (χ2v) is 7.71. The molecule has 2 amide bonds. The average molecular weight is 407 g/mol. The normalized spacial score (nSPS) is 14.2. The molecule has 0 bridgehead atoms. The maximum absolute atomic E-state index is 14.1. The highest BCUT2D eigenvalue weighted by Crippen LogP contribution is 2.38. The third-order valence-electron chi connectivity index (χ3n) is 4.69. The first-order valence-corrected chi connectivity index (χ1v) is 10.1. The third-order valence-corrected chi connectivity index (χ3v) is 5.79. The van der Waals surface area contributed by atoms with Crippen LogP contribution in [0.1, 0.15) is 22.5 Å². The average Bonchev–Trinajstić information content (AvgIpc) is 3.31. The zero-order chi connectivity index (χ0) is 20.4. The number of hydrogen-bond acceptors (Lipinski definition) is 4. The number of rotatable bonds is 6. The number of furan rings is 1. The van der Waals surface area contributed by atoms with Gasteiger partial charge in [0.25, 0.3) is 11.8 Å². The van der Waals surface area contributed by atoms with Crippen molar-refractivity contribution >= 4 is 29.1 Å². The molecule has 29 heavy (non-hydrogen) atoms. The van der Waals surface area contributed by atoms with Gasteiger partial charge in [0.15, 0.2) is 0 Å². The number of benzene rings is 2. The second kappa shape index (κ2) is 8.09. The highest BCUT2D eigenvalue weighted by Gasteiger charge is 2.39. The van der Waals surface area contributed by atoms with Crippen LogP contribution in [0.4, 0.5) is 4.39 Å². The molecular formula is C23H18FNO3S. The molecule has 0 saturated heterocycles. The van der Waals surface area contributed by atoms with Crippen molar-refractivity contribution in [1.82, 2.24) is 4.90 Å². The van der Waals surface area contributed by atoms with Crippen molar-refractivity contribution in [3.05, 3.63) is 100 Å². The molecular weight excluding hydrogens is 389 g/mol. The summed E-state index contributed by atoms with van der Waals surface area (Å²) in [7, 11) is 0. The van der Waals surface area contributed by atoms with E-state index in [0.29, 0.717) is 33.1 Å². The number of thioether (sulfide) groups is 1. The fourth-order valence-corrected chi connectivity index (χ4v) is 4.18. The van der Waals surface area contributed by atoms with Crippen LogP contribution in [0.15, 0.2) is 76.2 Å². The highest BCUT2D eigenvalue weighted by molar-refractivity contribution is 8.03. The molecule has 3 aromatic rings. The van der Waals surface area contributed by atoms with E-state index in [1.165, 1.54) is 17.8 Å². The molecule has 2 aromatic carbocycles. The van der Waals surface area contributed by atoms with Crippen LogP contribution in [0.25, 0.3) is 5.57 Å². The molecule has 1 aromatic heterocycles. The summed E-state index contributed by atoms with van der Waals surface area (Å²) in [4.78, 5) is 27.8. The van der Waals surface area contributed by atoms with Gasteiger partial charge in [0.2, 0.25) is 0 Å². The number of imide groups is 1. The predicted octanol–water partition coefficient (Wildman–Crippen LogP) is 4.94. The van der Waals surface area contributed by atoms with E-state index in [-0.39, 0.29) is 6.54 Å². The van der Waals surface area contributed by atoms with E-state index in [2.05, 4.69) is 0 Å². The first-order valence-electron chi connectivity index (χ1n) is 9.10. The lowest BCUT2D eigenvalue weighted by atomic mass is 10.0. The Balaban J connectivity index is 1.68. The van der Waals surface area contributed by atoms with Crippen LogP contribution >= 0.6 is 11.8 Å². The Morgan fingerprint density at radius 1 is 0.966 bits per heavy atom. The molecule has 0 aliphatic carbocycles. The van der Waals surface area contributed by atoms with Gasteiger partial charge in [0.1, 0.15) is 11.6 Å². The SMILES string of the molecule is Cc1ccc(C2=C(SCc3ccco3)C(=O)N(Cc3ccccc3F)C2=O)cc1. The molecule has 0 unspecified atom stereocenters. The summed E-state index contributed by atoms with van der Waals surface area (Å²) in [6, 6.07) is 17.2. The molecule has 0 spiro atoms. The molecule has 2 heterocycles. The summed E-state index contributed by atoms with van der Waals surface area (Å²) in [5.74, 6) is -0.140. The number of halogens is 1. The van der Waals surface area contributed by atoms with Crippen molar-refractivity contribution in [3.63, 3.8) is 0 Å². The van der Waals surface area contributed by atoms with Crippen LogP contribution in [0.2, 0.25) is 0 Å². The molecule has 1 aliphatic rings. The molecule has 6 heteroatoms. The Hall–Kier alpha value is -3.12. The summed E-state index contributed by atoms with van der Waals surface area (Å²) in [5.41, 5.74) is 2.38. The zero-order valence-electron chi connectivity index (χ0n) is 15.7. The Bertz CT molecular complexity index is 1090. The number of nitrogens with zero attached hydrogens (tertiary/aromatic N) is 1. The van der Waals surface area contributed by atoms with Crippen molar-refractivity contribution in [1.29, 1.82) is 0 Å². The molecule has 1 aliphatic heterocycles. The smallest absolute Gasteiger partial charge is 0.268 e. The predicted molar refractivity (Wildman–Crippen MR) is 110 cm³/mol. The maximum atomic E-state index is 14.1. The minimum atomic E-state index is -0.443. The number of carbonyl (C=O) groups is 2. The van der Waals surface area contributed by atoms with Gasteiger partial charge in [-0.1, -0.05) is 48.0 Å². The van der Waals surface area contributed by atoms with Gasteiger partial charge in [-0.2, -0.15) is 0 Å². The lowest BCUT2D eigenvalue weighted by molar-refractivity contribution is -0.137. The van der Waals surface area contributed by atoms with E-state index in [9.17, 15) is 14.0 Å². The molecule has 4 nitrogen and oxygen atoms in total. The van der Waals surface area contributed by atoms with Crippen molar-refractivity contribution in [2.24, 2.45) is 0 Å². The number of aryl methyl sites for hydroxylation is 1. The fraction of sp³-hybridized carbons (Fsp3) is 0.130. The van der Waals surface area contributed by atoms with E-state index in [4.69, 9.17) is 4.42 Å². The number of amides is 2. The lowest BCUT2D eigenvalue weighted by Gasteiger charge is -2.15. The zero-order valence-corrected chi connectivity index (χ0v) is 16.5. The summed E-state index contributed by atoms with van der Waals surface area (Å²) in [6.45, 7) is 1.85. The Morgan fingerprint density at radius 3 is 2.41 bits per heavy atom. The van der Waals surface area contributed by atoms with Gasteiger partial charge in [-0.15, -0.1) is 11.8 Å². The maximum Gasteiger partial charge on any atom is 0.268 e. The lowest BCUT2D eigenvalue weighted by Crippen LogP contribution is -2.31. The van der Waals surface area contributed by atoms with Crippen molar-refractivity contribution < 1.29 is 18.4 Å². The third kappa shape index (κ3) is 3.89. The van der Waals surface area contributed by atoms with Gasteiger partial charge in [-0.05, 0) is 30.7 Å². The molecule has 0 fully saturated rings. The minimum absolute atomic E-state index is 0.107. The Kier molecular flexibility index (Phi) is 5.36. The van der Waals surface area contributed by atoms with Crippen LogP contribution in [-0.2, 0) is 21.9 Å². The van der Waals surface area contributed by atoms with Gasteiger partial charge in [0.05, 0.1) is 29.0 Å². The van der Waals surface area contributed by atoms with Gasteiger partial charge in [0, 0.05) is 5.56 Å². The second-order valence-electron chi connectivity index (χ2n) is 6.73. The first-order chi connectivity index (χ1) is 14.0. The van der Waals surface area contributed by atoms with Crippen LogP contribution in [0, 0.1) is 12.7 Å². The van der Waals surface area contributed by atoms with Gasteiger partial charge in [-0.3, -0.25) is 14.5 Å². The molecule has 4 rings (SSSR count). The molecule has 146 valence electrons. The van der Waals surface area contributed by atoms with Crippen LogP contribution in [-0.4, -0.2) is 16.7 Å². The highest BCUT2D eigenvalue weighted by atomic mass is 32.2. The van der Waals surface area contributed by atoms with E-state index in [1.807, 2.05) is 37.3 Å². The molecule has 0 radical (unpaired) electrons. The largest absolute Gasteiger partial charge is 0.468 e. The van der Waals surface area contributed by atoms with E-state index in [1.54, 1.807) is 30.5 Å². The monoisotopic (exact) mass is 407 g/mol. The summed E-state index contributed by atoms with van der Waals surface area (Å²) in [5, 5.41) is 0. The summed E-state index contributed by atoms with van der Waals surface area (Å²) < 4.78 is 19.5. The van der Waals surface area contributed by atoms with E-state index >= 15 is 0 Å². The van der Waals surface area contributed by atoms with Crippen LogP contribution in [0.3, 0.4) is 0 Å². The fourth-order valence-electron chi connectivity index (χ4n) is 3.14. The standard InChI is InChI=1S/C23H18FNO3S/c1-15-8-10-16(11-9-15)20-21(29-14-18-6-4-12-28-18)23(27)25(22(20)26)13-17-5-2-3-7-19(17)24/h2-12H,13-14H2,1H3. The topological polar surface area (TPSA) is 50.5 Å². The van der Waals surface area contributed by atoms with Gasteiger partial charge in [-0.25, -0.2) is 4.39 Å². The van der Waals surface area contributed by atoms with Crippen molar-refractivity contribution in [2.45, 2.75) is 19.2 Å². The summed E-state index contributed by atoms with van der Waals surface area (Å²) >= 11 is 1.26. The molecule has 0 N–H and O–H groups in total. The summed E-state index contributed by atoms with van der Waals surface area (Å²) in [6.07, 6.45) is 1.57. The van der Waals surface area contributed by atoms with Crippen molar-refractivity contribution in [3.8, 4) is 0 Å². The quantitative estimate of drug-likeness (QED) is 0.543. The van der Waals surface area contributed by atoms with E-state index < -0.39 is 17.6 Å². The van der Waals surface area contributed by atoms with Gasteiger partial charge < -0.3 is 4.42 Å².